The Kier molecular flexibility index (Phi) is 6.35. The summed E-state index contributed by atoms with van der Waals surface area (Å²) in [6.45, 7) is 16.6. The van der Waals surface area contributed by atoms with Crippen LogP contribution >= 0.6 is 11.8 Å². The Balaban J connectivity index is 3.43. The monoisotopic (exact) mass is 301 g/mol. The molecule has 0 atom stereocenters. The van der Waals surface area contributed by atoms with Gasteiger partial charge in [0.15, 0.2) is 0 Å². The molecule has 1 aromatic carbocycles. The maximum Gasteiger partial charge on any atom is 0.0511 e. The van der Waals surface area contributed by atoms with Crippen LogP contribution in [0.1, 0.15) is 30.5 Å². The van der Waals surface area contributed by atoms with Crippen molar-refractivity contribution < 1.29 is 0 Å². The largest absolute Gasteiger partial charge is 0.347 e. The number of benzene rings is 1. The lowest BCUT2D eigenvalue weighted by molar-refractivity contribution is 1.07. The van der Waals surface area contributed by atoms with Gasteiger partial charge in [0.25, 0.3) is 0 Å². The molecule has 0 aliphatic heterocycles. The molecule has 0 aliphatic rings. The van der Waals surface area contributed by atoms with Gasteiger partial charge in [0.05, 0.1) is 5.69 Å². The van der Waals surface area contributed by atoms with Crippen molar-refractivity contribution in [3.8, 4) is 0 Å². The third kappa shape index (κ3) is 4.53. The first-order valence-corrected chi connectivity index (χ1v) is 8.53. The zero-order valence-electron chi connectivity index (χ0n) is 14.2. The van der Waals surface area contributed by atoms with Crippen LogP contribution in [0.5, 0.6) is 0 Å². The number of allylic oxidation sites excluding steroid dienone is 3. The summed E-state index contributed by atoms with van der Waals surface area (Å²) in [5.74, 6) is 0.965. The van der Waals surface area contributed by atoms with Crippen LogP contribution in [0.2, 0.25) is 0 Å². The average Bonchev–Trinajstić information content (AvgIpc) is 2.36. The normalized spacial score (nSPS) is 11.4. The number of rotatable bonds is 6. The molecule has 1 aromatic rings. The van der Waals surface area contributed by atoms with Gasteiger partial charge in [0.1, 0.15) is 0 Å². The first-order valence-electron chi connectivity index (χ1n) is 7.13. The zero-order valence-corrected chi connectivity index (χ0v) is 15.0. The number of anilines is 1. The molecule has 0 bridgehead atoms. The van der Waals surface area contributed by atoms with Gasteiger partial charge in [-0.1, -0.05) is 30.4 Å². The highest BCUT2D eigenvalue weighted by Gasteiger charge is 2.15. The van der Waals surface area contributed by atoms with E-state index < -0.39 is 0 Å². The van der Waals surface area contributed by atoms with Crippen LogP contribution < -0.4 is 4.90 Å². The lowest BCUT2D eigenvalue weighted by Crippen LogP contribution is -2.21. The van der Waals surface area contributed by atoms with Gasteiger partial charge in [-0.2, -0.15) is 11.8 Å². The van der Waals surface area contributed by atoms with E-state index in [2.05, 4.69) is 70.3 Å². The Morgan fingerprint density at radius 1 is 1.24 bits per heavy atom. The van der Waals surface area contributed by atoms with Gasteiger partial charge in [-0.05, 0) is 57.2 Å². The van der Waals surface area contributed by atoms with E-state index in [1.165, 1.54) is 28.1 Å². The van der Waals surface area contributed by atoms with Crippen LogP contribution in [0.15, 0.2) is 42.6 Å². The molecule has 2 heteroatoms. The molecule has 1 nitrogen and oxygen atoms in total. The first kappa shape index (κ1) is 17.6. The molecule has 0 fully saturated rings. The van der Waals surface area contributed by atoms with Crippen molar-refractivity contribution in [3.63, 3.8) is 0 Å². The maximum atomic E-state index is 4.15. The Bertz CT molecular complexity index is 581. The van der Waals surface area contributed by atoms with Crippen molar-refractivity contribution in [1.82, 2.24) is 0 Å². The van der Waals surface area contributed by atoms with Crippen molar-refractivity contribution in [2.75, 3.05) is 24.0 Å². The van der Waals surface area contributed by atoms with Gasteiger partial charge in [-0.3, -0.25) is 0 Å². The van der Waals surface area contributed by atoms with Crippen LogP contribution in [0.25, 0.3) is 5.57 Å². The summed E-state index contributed by atoms with van der Waals surface area (Å²) in [6, 6.07) is 4.45. The molecular formula is C19H27NS. The van der Waals surface area contributed by atoms with E-state index in [-0.39, 0.29) is 0 Å². The van der Waals surface area contributed by atoms with E-state index in [0.717, 1.165) is 16.9 Å². The second-order valence-corrected chi connectivity index (χ2v) is 6.60. The Morgan fingerprint density at radius 3 is 2.33 bits per heavy atom. The summed E-state index contributed by atoms with van der Waals surface area (Å²) in [5.41, 5.74) is 8.47. The lowest BCUT2D eigenvalue weighted by Gasteiger charge is -2.28. The molecule has 1 rings (SSSR count). The molecule has 0 saturated heterocycles. The van der Waals surface area contributed by atoms with E-state index in [4.69, 9.17) is 0 Å². The van der Waals surface area contributed by atoms with Gasteiger partial charge in [-0.15, -0.1) is 0 Å². The van der Waals surface area contributed by atoms with Crippen molar-refractivity contribution in [2.45, 2.75) is 27.7 Å². The third-order valence-corrected chi connectivity index (χ3v) is 3.96. The highest BCUT2D eigenvalue weighted by molar-refractivity contribution is 7.98. The van der Waals surface area contributed by atoms with E-state index in [1.54, 1.807) is 0 Å². The number of nitrogens with zero attached hydrogens (tertiary/aromatic N) is 1. The Hall–Kier alpha value is -1.41. The molecule has 114 valence electrons. The van der Waals surface area contributed by atoms with Crippen LogP contribution in [-0.2, 0) is 0 Å². The number of thioether (sulfide) groups is 1. The predicted molar refractivity (Wildman–Crippen MR) is 100 cm³/mol. The Labute approximate surface area is 134 Å². The molecule has 0 radical (unpaired) electrons. The summed E-state index contributed by atoms with van der Waals surface area (Å²) < 4.78 is 0. The summed E-state index contributed by atoms with van der Waals surface area (Å²) in [7, 11) is 2.13. The number of hydrogen-bond acceptors (Lipinski definition) is 2. The number of hydrogen-bond donors (Lipinski definition) is 0. The highest BCUT2D eigenvalue weighted by atomic mass is 32.2. The SMILES string of the molecule is C=C(C)/C=C(\CSC)N(C)c1c(C)cc(C)cc1C(=C)C. The molecule has 0 saturated carbocycles. The topological polar surface area (TPSA) is 3.24 Å². The molecule has 0 aromatic heterocycles. The molecule has 0 heterocycles. The van der Waals surface area contributed by atoms with E-state index in [0.29, 0.717) is 0 Å². The van der Waals surface area contributed by atoms with Crippen molar-refractivity contribution in [1.29, 1.82) is 0 Å². The average molecular weight is 301 g/mol. The van der Waals surface area contributed by atoms with Gasteiger partial charge >= 0.3 is 0 Å². The fraction of sp³-hybridized carbons (Fsp3) is 0.368. The number of aryl methyl sites for hydroxylation is 2. The summed E-state index contributed by atoms with van der Waals surface area (Å²) in [6.07, 6.45) is 4.29. The fourth-order valence-electron chi connectivity index (χ4n) is 2.54. The minimum Gasteiger partial charge on any atom is -0.347 e. The molecule has 0 aliphatic carbocycles. The highest BCUT2D eigenvalue weighted by Crippen LogP contribution is 2.33. The quantitative estimate of drug-likeness (QED) is 0.630. The molecular weight excluding hydrogens is 274 g/mol. The first-order chi connectivity index (χ1) is 9.77. The van der Waals surface area contributed by atoms with Crippen molar-refractivity contribution >= 4 is 23.0 Å². The Morgan fingerprint density at radius 2 is 1.86 bits per heavy atom. The smallest absolute Gasteiger partial charge is 0.0511 e. The summed E-state index contributed by atoms with van der Waals surface area (Å²) in [4.78, 5) is 2.28. The molecule has 0 amide bonds. The molecule has 0 unspecified atom stereocenters. The molecule has 0 N–H and O–H groups in total. The third-order valence-electron chi connectivity index (χ3n) is 3.38. The van der Waals surface area contributed by atoms with Crippen LogP contribution in [-0.4, -0.2) is 19.1 Å². The van der Waals surface area contributed by atoms with E-state index in [1.807, 2.05) is 18.7 Å². The zero-order chi connectivity index (χ0) is 16.2. The summed E-state index contributed by atoms with van der Waals surface area (Å²) in [5, 5.41) is 0. The van der Waals surface area contributed by atoms with Crippen LogP contribution in [0.3, 0.4) is 0 Å². The second kappa shape index (κ2) is 7.56. The van der Waals surface area contributed by atoms with Gasteiger partial charge in [0.2, 0.25) is 0 Å². The fourth-order valence-corrected chi connectivity index (χ4v) is 3.11. The van der Waals surface area contributed by atoms with Gasteiger partial charge < -0.3 is 4.90 Å². The van der Waals surface area contributed by atoms with Crippen LogP contribution in [0, 0.1) is 13.8 Å². The van der Waals surface area contributed by atoms with Crippen LogP contribution in [0.4, 0.5) is 5.69 Å². The van der Waals surface area contributed by atoms with Crippen molar-refractivity contribution in [3.05, 3.63) is 59.3 Å². The lowest BCUT2D eigenvalue weighted by atomic mass is 9.98. The second-order valence-electron chi connectivity index (χ2n) is 5.73. The van der Waals surface area contributed by atoms with E-state index >= 15 is 0 Å². The summed E-state index contributed by atoms with van der Waals surface area (Å²) >= 11 is 1.82. The van der Waals surface area contributed by atoms with Gasteiger partial charge in [-0.25, -0.2) is 0 Å². The van der Waals surface area contributed by atoms with Crippen molar-refractivity contribution in [2.24, 2.45) is 0 Å². The minimum atomic E-state index is 0.965. The van der Waals surface area contributed by atoms with Gasteiger partial charge in [0, 0.05) is 24.1 Å². The van der Waals surface area contributed by atoms with E-state index in [9.17, 15) is 0 Å². The standard InChI is InChI=1S/C19H27NS/c1-13(2)9-17(12-21-8)20(7)19-16(6)10-15(5)11-18(19)14(3)4/h9-11H,1,3,12H2,2,4-8H3/b17-9+. The molecule has 0 spiro atoms. The minimum absolute atomic E-state index is 0.965. The molecule has 21 heavy (non-hydrogen) atoms. The predicted octanol–water partition coefficient (Wildman–Crippen LogP) is 5.60. The maximum absolute atomic E-state index is 4.15.